The van der Waals surface area contributed by atoms with Gasteiger partial charge in [-0.05, 0) is 42.0 Å². The van der Waals surface area contributed by atoms with Gasteiger partial charge in [0.15, 0.2) is 0 Å². The van der Waals surface area contributed by atoms with E-state index in [1.807, 2.05) is 0 Å². The highest BCUT2D eigenvalue weighted by molar-refractivity contribution is 7.11. The number of carboxylic acid groups (broad SMARTS) is 1. The molecular weight excluding hydrogens is 430 g/mol. The number of amides is 1. The number of thiazole rings is 1. The van der Waals surface area contributed by atoms with E-state index in [1.165, 1.54) is 30.0 Å². The molecule has 2 aromatic carbocycles. The fourth-order valence-corrected chi connectivity index (χ4v) is 3.66. The van der Waals surface area contributed by atoms with Gasteiger partial charge in [-0.25, -0.2) is 10.2 Å². The molecule has 0 bridgehead atoms. The van der Waals surface area contributed by atoms with Crippen molar-refractivity contribution >= 4 is 41.0 Å². The molecule has 0 saturated carbocycles. The number of aromatic nitrogens is 1. The Kier molecular flexibility index (Phi) is 6.65. The van der Waals surface area contributed by atoms with Gasteiger partial charge in [0, 0.05) is 5.56 Å². The number of nitrogens with one attached hydrogen (secondary N) is 1. The lowest BCUT2D eigenvalue weighted by Crippen LogP contribution is -2.17. The maximum absolute atomic E-state index is 12.3. The minimum absolute atomic E-state index is 0.112. The molecule has 0 spiro atoms. The third-order valence-corrected chi connectivity index (χ3v) is 5.51. The zero-order chi connectivity index (χ0) is 21.7. The predicted molar refractivity (Wildman–Crippen MR) is 114 cm³/mol. The molecule has 1 heterocycles. The highest BCUT2D eigenvalue weighted by Crippen LogP contribution is 2.19. The number of halogens is 1. The molecule has 0 fully saturated rings. The van der Waals surface area contributed by atoms with Crippen LogP contribution in [-0.2, 0) is 6.54 Å². The first kappa shape index (κ1) is 21.3. The molecule has 154 valence electrons. The molecule has 0 unspecified atom stereocenters. The van der Waals surface area contributed by atoms with Gasteiger partial charge in [0.25, 0.3) is 5.91 Å². The molecule has 0 aliphatic heterocycles. The standard InChI is InChI=1S/C20H16ClN3O5S/c1-29-15-7-5-13(6-8-15)18(25)23-22-10-16-17(21)24(20(28)30-16)11-12-3-2-4-14(9-12)19(26)27/h2-10H,11H2,1H3,(H,23,25)(H,26,27)/b22-10-. The first-order valence-electron chi connectivity index (χ1n) is 8.58. The summed E-state index contributed by atoms with van der Waals surface area (Å²) in [5.41, 5.74) is 3.50. The summed E-state index contributed by atoms with van der Waals surface area (Å²) in [6, 6.07) is 12.7. The molecule has 30 heavy (non-hydrogen) atoms. The number of ether oxygens (including phenoxy) is 1. The smallest absolute Gasteiger partial charge is 0.335 e. The van der Waals surface area contributed by atoms with Gasteiger partial charge in [-0.15, -0.1) is 0 Å². The molecule has 0 aliphatic carbocycles. The van der Waals surface area contributed by atoms with Crippen molar-refractivity contribution in [1.29, 1.82) is 0 Å². The number of aromatic carboxylic acids is 1. The van der Waals surface area contributed by atoms with Crippen LogP contribution in [0, 0.1) is 0 Å². The van der Waals surface area contributed by atoms with E-state index in [4.69, 9.17) is 21.4 Å². The lowest BCUT2D eigenvalue weighted by atomic mass is 10.1. The quantitative estimate of drug-likeness (QED) is 0.429. The Morgan fingerprint density at radius 1 is 1.23 bits per heavy atom. The van der Waals surface area contributed by atoms with E-state index in [-0.39, 0.29) is 22.1 Å². The Labute approximate surface area is 180 Å². The molecular formula is C20H16ClN3O5S. The number of carbonyl (C=O) groups excluding carboxylic acids is 1. The SMILES string of the molecule is COc1ccc(C(=O)N/N=C\c2sc(=O)n(Cc3cccc(C(=O)O)c3)c2Cl)cc1. The maximum atomic E-state index is 12.3. The van der Waals surface area contributed by atoms with Crippen LogP contribution in [0.3, 0.4) is 0 Å². The van der Waals surface area contributed by atoms with Crippen LogP contribution in [0.5, 0.6) is 5.75 Å². The van der Waals surface area contributed by atoms with E-state index in [0.29, 0.717) is 21.8 Å². The second-order valence-corrected chi connectivity index (χ2v) is 7.39. The molecule has 0 atom stereocenters. The number of carboxylic acids is 1. The molecule has 0 saturated heterocycles. The summed E-state index contributed by atoms with van der Waals surface area (Å²) in [6.07, 6.45) is 1.29. The van der Waals surface area contributed by atoms with E-state index >= 15 is 0 Å². The van der Waals surface area contributed by atoms with Crippen molar-refractivity contribution in [3.05, 3.63) is 84.9 Å². The van der Waals surface area contributed by atoms with E-state index in [0.717, 1.165) is 11.3 Å². The van der Waals surface area contributed by atoms with Crippen LogP contribution in [0.1, 0.15) is 31.2 Å². The second kappa shape index (κ2) is 9.38. The number of benzene rings is 2. The van der Waals surface area contributed by atoms with E-state index in [1.54, 1.807) is 36.4 Å². The zero-order valence-corrected chi connectivity index (χ0v) is 17.2. The van der Waals surface area contributed by atoms with E-state index in [9.17, 15) is 14.4 Å². The third kappa shape index (κ3) is 4.94. The van der Waals surface area contributed by atoms with Gasteiger partial charge in [-0.3, -0.25) is 14.2 Å². The molecule has 0 aliphatic rings. The van der Waals surface area contributed by atoms with Gasteiger partial charge < -0.3 is 9.84 Å². The minimum Gasteiger partial charge on any atom is -0.497 e. The normalized spacial score (nSPS) is 10.9. The Hall–Kier alpha value is -3.43. The fraction of sp³-hybridized carbons (Fsp3) is 0.100. The van der Waals surface area contributed by atoms with Gasteiger partial charge in [-0.2, -0.15) is 5.10 Å². The van der Waals surface area contributed by atoms with Crippen LogP contribution in [0.15, 0.2) is 58.4 Å². The Bertz CT molecular complexity index is 1170. The number of hydrogen-bond donors (Lipinski definition) is 2. The van der Waals surface area contributed by atoms with Crippen molar-refractivity contribution in [3.63, 3.8) is 0 Å². The van der Waals surface area contributed by atoms with Crippen molar-refractivity contribution in [1.82, 2.24) is 9.99 Å². The van der Waals surface area contributed by atoms with E-state index < -0.39 is 11.9 Å². The van der Waals surface area contributed by atoms with Crippen LogP contribution < -0.4 is 15.0 Å². The summed E-state index contributed by atoms with van der Waals surface area (Å²) in [4.78, 5) is 35.5. The lowest BCUT2D eigenvalue weighted by molar-refractivity contribution is 0.0696. The monoisotopic (exact) mass is 445 g/mol. The summed E-state index contributed by atoms with van der Waals surface area (Å²) < 4.78 is 6.35. The highest BCUT2D eigenvalue weighted by atomic mass is 35.5. The zero-order valence-electron chi connectivity index (χ0n) is 15.7. The maximum Gasteiger partial charge on any atom is 0.335 e. The van der Waals surface area contributed by atoms with Gasteiger partial charge in [0.2, 0.25) is 0 Å². The minimum atomic E-state index is -1.05. The number of rotatable bonds is 7. The van der Waals surface area contributed by atoms with Crippen molar-refractivity contribution in [2.75, 3.05) is 7.11 Å². The van der Waals surface area contributed by atoms with Crippen molar-refractivity contribution in [3.8, 4) is 5.75 Å². The van der Waals surface area contributed by atoms with Gasteiger partial charge in [-0.1, -0.05) is 35.1 Å². The molecule has 10 heteroatoms. The third-order valence-electron chi connectivity index (χ3n) is 4.07. The van der Waals surface area contributed by atoms with Gasteiger partial charge >= 0.3 is 10.8 Å². The average Bonchev–Trinajstić information content (AvgIpc) is 3.01. The molecule has 8 nitrogen and oxygen atoms in total. The van der Waals surface area contributed by atoms with Crippen LogP contribution in [-0.4, -0.2) is 34.9 Å². The Morgan fingerprint density at radius 3 is 2.63 bits per heavy atom. The van der Waals surface area contributed by atoms with Crippen LogP contribution in [0.25, 0.3) is 0 Å². The van der Waals surface area contributed by atoms with Crippen LogP contribution in [0.4, 0.5) is 0 Å². The Balaban J connectivity index is 1.72. The highest BCUT2D eigenvalue weighted by Gasteiger charge is 2.13. The van der Waals surface area contributed by atoms with Gasteiger partial charge in [0.1, 0.15) is 10.9 Å². The van der Waals surface area contributed by atoms with Crippen molar-refractivity contribution < 1.29 is 19.4 Å². The number of carbonyl (C=O) groups is 2. The second-order valence-electron chi connectivity index (χ2n) is 6.04. The molecule has 3 aromatic rings. The number of nitrogens with zero attached hydrogens (tertiary/aromatic N) is 2. The summed E-state index contributed by atoms with van der Waals surface area (Å²) in [5, 5.41) is 13.1. The topological polar surface area (TPSA) is 110 Å². The van der Waals surface area contributed by atoms with Crippen LogP contribution >= 0.6 is 22.9 Å². The first-order valence-corrected chi connectivity index (χ1v) is 9.77. The molecule has 3 rings (SSSR count). The summed E-state index contributed by atoms with van der Waals surface area (Å²) >= 11 is 7.15. The number of hydrazone groups is 1. The molecule has 1 amide bonds. The molecule has 0 radical (unpaired) electrons. The van der Waals surface area contributed by atoms with Gasteiger partial charge in [0.05, 0.1) is 30.3 Å². The molecule has 1 aromatic heterocycles. The van der Waals surface area contributed by atoms with E-state index in [2.05, 4.69) is 10.5 Å². The number of hydrogen-bond acceptors (Lipinski definition) is 6. The summed E-state index contributed by atoms with van der Waals surface area (Å²) in [6.45, 7) is 0.112. The van der Waals surface area contributed by atoms with Crippen molar-refractivity contribution in [2.24, 2.45) is 5.10 Å². The fourth-order valence-electron chi connectivity index (χ4n) is 2.56. The lowest BCUT2D eigenvalue weighted by Gasteiger charge is -2.05. The van der Waals surface area contributed by atoms with Crippen LogP contribution in [0.2, 0.25) is 5.15 Å². The predicted octanol–water partition coefficient (Wildman–Crippen LogP) is 3.08. The summed E-state index contributed by atoms with van der Waals surface area (Å²) in [7, 11) is 1.53. The average molecular weight is 446 g/mol. The number of methoxy groups -OCH3 is 1. The van der Waals surface area contributed by atoms with Crippen molar-refractivity contribution in [2.45, 2.75) is 6.54 Å². The first-order chi connectivity index (χ1) is 14.4. The Morgan fingerprint density at radius 2 is 1.97 bits per heavy atom. The summed E-state index contributed by atoms with van der Waals surface area (Å²) in [5.74, 6) is -0.856. The molecule has 2 N–H and O–H groups in total. The largest absolute Gasteiger partial charge is 0.497 e.